The minimum absolute atomic E-state index is 0.673. The van der Waals surface area contributed by atoms with Crippen LogP contribution in [-0.4, -0.2) is 0 Å². The molecule has 0 spiro atoms. The Morgan fingerprint density at radius 1 is 0.857 bits per heavy atom. The van der Waals surface area contributed by atoms with Gasteiger partial charge in [-0.25, -0.2) is 0 Å². The molecular weight excluding hydrogens is 258 g/mol. The van der Waals surface area contributed by atoms with Gasteiger partial charge < -0.3 is 16.8 Å². The molecule has 3 rings (SSSR count). The summed E-state index contributed by atoms with van der Waals surface area (Å²) in [5, 5.41) is 3.35. The number of anilines is 4. The first-order chi connectivity index (χ1) is 10.2. The maximum absolute atomic E-state index is 5.97. The van der Waals surface area contributed by atoms with Crippen LogP contribution in [0.4, 0.5) is 22.7 Å². The topological polar surface area (TPSA) is 64.1 Å². The molecule has 1 saturated carbocycles. The number of rotatable bonds is 3. The van der Waals surface area contributed by atoms with Crippen LogP contribution in [-0.2, 0) is 0 Å². The van der Waals surface area contributed by atoms with Gasteiger partial charge in [-0.3, -0.25) is 0 Å². The average Bonchev–Trinajstić information content (AvgIpc) is 2.52. The summed E-state index contributed by atoms with van der Waals surface area (Å²) in [5.74, 6) is 0.745. The van der Waals surface area contributed by atoms with Crippen molar-refractivity contribution in [3.05, 3.63) is 48.0 Å². The van der Waals surface area contributed by atoms with Crippen molar-refractivity contribution in [2.24, 2.45) is 0 Å². The quantitative estimate of drug-likeness (QED) is 0.718. The van der Waals surface area contributed by atoms with Gasteiger partial charge in [-0.2, -0.15) is 0 Å². The van der Waals surface area contributed by atoms with Crippen LogP contribution in [0, 0.1) is 0 Å². The molecule has 2 aromatic rings. The largest absolute Gasteiger partial charge is 0.399 e. The molecular formula is C18H23N3. The summed E-state index contributed by atoms with van der Waals surface area (Å²) in [6, 6.07) is 14.3. The van der Waals surface area contributed by atoms with E-state index in [2.05, 4.69) is 29.6 Å². The Balaban J connectivity index is 1.71. The molecule has 110 valence electrons. The van der Waals surface area contributed by atoms with Crippen molar-refractivity contribution >= 4 is 22.7 Å². The molecule has 0 bridgehead atoms. The first-order valence-corrected chi connectivity index (χ1v) is 7.74. The third-order valence-corrected chi connectivity index (χ3v) is 4.34. The number of hydrogen-bond donors (Lipinski definition) is 3. The molecule has 0 aliphatic heterocycles. The Kier molecular flexibility index (Phi) is 4.00. The van der Waals surface area contributed by atoms with Gasteiger partial charge in [0.15, 0.2) is 0 Å². The van der Waals surface area contributed by atoms with Gasteiger partial charge in [-0.05, 0) is 54.7 Å². The molecule has 0 saturated heterocycles. The van der Waals surface area contributed by atoms with Gasteiger partial charge in [0.1, 0.15) is 0 Å². The summed E-state index contributed by atoms with van der Waals surface area (Å²) >= 11 is 0. The summed E-state index contributed by atoms with van der Waals surface area (Å²) in [5.41, 5.74) is 16.5. The third-order valence-electron chi connectivity index (χ3n) is 4.34. The lowest BCUT2D eigenvalue weighted by molar-refractivity contribution is 0.443. The van der Waals surface area contributed by atoms with Crippen LogP contribution in [0.3, 0.4) is 0 Å². The van der Waals surface area contributed by atoms with Gasteiger partial charge >= 0.3 is 0 Å². The van der Waals surface area contributed by atoms with Crippen LogP contribution >= 0.6 is 0 Å². The Bertz CT molecular complexity index is 598. The first-order valence-electron chi connectivity index (χ1n) is 7.74. The molecule has 2 aromatic carbocycles. The van der Waals surface area contributed by atoms with Gasteiger partial charge in [0.05, 0.1) is 11.4 Å². The first kappa shape index (κ1) is 13.8. The fourth-order valence-corrected chi connectivity index (χ4v) is 3.13. The molecule has 1 fully saturated rings. The number of hydrogen-bond acceptors (Lipinski definition) is 3. The van der Waals surface area contributed by atoms with Crippen LogP contribution in [0.2, 0.25) is 0 Å². The zero-order chi connectivity index (χ0) is 14.7. The molecule has 0 radical (unpaired) electrons. The van der Waals surface area contributed by atoms with E-state index in [0.717, 1.165) is 17.3 Å². The van der Waals surface area contributed by atoms with E-state index in [0.29, 0.717) is 11.4 Å². The van der Waals surface area contributed by atoms with E-state index in [1.807, 2.05) is 12.1 Å². The summed E-state index contributed by atoms with van der Waals surface area (Å²) in [6.07, 6.45) is 6.79. The van der Waals surface area contributed by atoms with Gasteiger partial charge in [-0.1, -0.05) is 31.4 Å². The molecule has 0 amide bonds. The van der Waals surface area contributed by atoms with Crippen molar-refractivity contribution in [1.29, 1.82) is 0 Å². The van der Waals surface area contributed by atoms with Crippen molar-refractivity contribution in [3.8, 4) is 0 Å². The van der Waals surface area contributed by atoms with E-state index < -0.39 is 0 Å². The van der Waals surface area contributed by atoms with E-state index in [1.165, 1.54) is 37.7 Å². The van der Waals surface area contributed by atoms with Crippen molar-refractivity contribution < 1.29 is 0 Å². The minimum Gasteiger partial charge on any atom is -0.399 e. The van der Waals surface area contributed by atoms with Crippen molar-refractivity contribution in [2.75, 3.05) is 16.8 Å². The summed E-state index contributed by atoms with van der Waals surface area (Å²) in [4.78, 5) is 0. The summed E-state index contributed by atoms with van der Waals surface area (Å²) in [6.45, 7) is 0. The number of nitrogens with one attached hydrogen (secondary N) is 1. The highest BCUT2D eigenvalue weighted by Gasteiger charge is 2.15. The second-order valence-electron chi connectivity index (χ2n) is 5.93. The van der Waals surface area contributed by atoms with Crippen LogP contribution < -0.4 is 16.8 Å². The molecule has 21 heavy (non-hydrogen) atoms. The zero-order valence-electron chi connectivity index (χ0n) is 12.3. The highest BCUT2D eigenvalue weighted by atomic mass is 14.9. The van der Waals surface area contributed by atoms with E-state index in [1.54, 1.807) is 6.07 Å². The molecule has 0 aromatic heterocycles. The molecule has 3 heteroatoms. The third kappa shape index (κ3) is 3.30. The molecule has 0 unspecified atom stereocenters. The normalized spacial score (nSPS) is 15.8. The maximum atomic E-state index is 5.97. The lowest BCUT2D eigenvalue weighted by Crippen LogP contribution is -2.04. The van der Waals surface area contributed by atoms with Crippen molar-refractivity contribution in [3.63, 3.8) is 0 Å². The highest BCUT2D eigenvalue weighted by molar-refractivity contribution is 5.75. The van der Waals surface area contributed by atoms with Crippen LogP contribution in [0.5, 0.6) is 0 Å². The molecule has 0 heterocycles. The Hall–Kier alpha value is -2.16. The van der Waals surface area contributed by atoms with Gasteiger partial charge in [0.2, 0.25) is 0 Å². The van der Waals surface area contributed by atoms with Gasteiger partial charge in [0.25, 0.3) is 0 Å². The number of nitrogens with two attached hydrogens (primary N) is 2. The van der Waals surface area contributed by atoms with Crippen LogP contribution in [0.15, 0.2) is 42.5 Å². The van der Waals surface area contributed by atoms with Crippen molar-refractivity contribution in [1.82, 2.24) is 0 Å². The lowest BCUT2D eigenvalue weighted by Gasteiger charge is -2.22. The van der Waals surface area contributed by atoms with Gasteiger partial charge in [-0.15, -0.1) is 0 Å². The van der Waals surface area contributed by atoms with Crippen molar-refractivity contribution in [2.45, 2.75) is 38.0 Å². The molecule has 5 N–H and O–H groups in total. The average molecular weight is 281 g/mol. The van der Waals surface area contributed by atoms with Gasteiger partial charge in [0, 0.05) is 11.4 Å². The van der Waals surface area contributed by atoms with E-state index in [4.69, 9.17) is 11.5 Å². The fourth-order valence-electron chi connectivity index (χ4n) is 3.13. The maximum Gasteiger partial charge on any atom is 0.0619 e. The Morgan fingerprint density at radius 3 is 2.24 bits per heavy atom. The molecule has 1 aliphatic rings. The predicted octanol–water partition coefficient (Wildman–Crippen LogP) is 4.64. The SMILES string of the molecule is Nc1ccc(Nc2ccc(C3CCCCC3)cc2)c(N)c1. The smallest absolute Gasteiger partial charge is 0.0619 e. The minimum atomic E-state index is 0.673. The predicted molar refractivity (Wildman–Crippen MR) is 90.8 cm³/mol. The summed E-state index contributed by atoms with van der Waals surface area (Å²) < 4.78 is 0. The van der Waals surface area contributed by atoms with E-state index in [-0.39, 0.29) is 0 Å². The second kappa shape index (κ2) is 6.08. The van der Waals surface area contributed by atoms with E-state index in [9.17, 15) is 0 Å². The van der Waals surface area contributed by atoms with Crippen LogP contribution in [0.25, 0.3) is 0 Å². The Labute approximate surface area is 126 Å². The number of nitrogen functional groups attached to an aromatic ring is 2. The monoisotopic (exact) mass is 281 g/mol. The Morgan fingerprint density at radius 2 is 1.57 bits per heavy atom. The zero-order valence-corrected chi connectivity index (χ0v) is 12.3. The van der Waals surface area contributed by atoms with Crippen LogP contribution in [0.1, 0.15) is 43.6 Å². The summed E-state index contributed by atoms with van der Waals surface area (Å²) in [7, 11) is 0. The molecule has 1 aliphatic carbocycles. The fraction of sp³-hybridized carbons (Fsp3) is 0.333. The number of benzene rings is 2. The van der Waals surface area contributed by atoms with E-state index >= 15 is 0 Å². The molecule has 3 nitrogen and oxygen atoms in total. The standard InChI is InChI=1S/C18H23N3/c19-15-8-11-18(17(20)12-15)21-16-9-6-14(7-10-16)13-4-2-1-3-5-13/h6-13,21H,1-5,19-20H2. The molecule has 0 atom stereocenters. The highest BCUT2D eigenvalue weighted by Crippen LogP contribution is 2.33. The second-order valence-corrected chi connectivity index (χ2v) is 5.93. The lowest BCUT2D eigenvalue weighted by atomic mass is 9.84.